The molecule has 0 fully saturated rings. The van der Waals surface area contributed by atoms with E-state index in [9.17, 15) is 14.7 Å². The summed E-state index contributed by atoms with van der Waals surface area (Å²) in [5.41, 5.74) is 3.12. The number of carbonyl (C=O) groups is 2. The number of rotatable bonds is 6. The molecule has 4 heteroatoms. The summed E-state index contributed by atoms with van der Waals surface area (Å²) in [4.78, 5) is 23.9. The molecular weight excluding hydrogens is 304 g/mol. The maximum absolute atomic E-state index is 12.5. The second-order valence-electron chi connectivity index (χ2n) is 5.80. The Bertz CT molecular complexity index is 701. The number of ether oxygens (including phenoxy) is 1. The lowest BCUT2D eigenvalue weighted by atomic mass is 9.95. The molecule has 24 heavy (non-hydrogen) atoms. The standard InChI is InChI=1S/C20H22O4/c1-4-15-7-11-17(12-8-15)20(24-14(3)21)19(23)18(22)16-9-5-13(2)6-10-16/h5-12,19-20,23H,4H2,1-3H3. The van der Waals surface area contributed by atoms with Crippen molar-refractivity contribution >= 4 is 11.8 Å². The van der Waals surface area contributed by atoms with Crippen molar-refractivity contribution in [2.45, 2.75) is 39.4 Å². The van der Waals surface area contributed by atoms with E-state index >= 15 is 0 Å². The van der Waals surface area contributed by atoms with E-state index < -0.39 is 24.0 Å². The molecule has 2 aromatic rings. The minimum absolute atomic E-state index is 0.385. The first-order valence-corrected chi connectivity index (χ1v) is 7.97. The number of benzene rings is 2. The highest BCUT2D eigenvalue weighted by atomic mass is 16.6. The van der Waals surface area contributed by atoms with E-state index in [0.29, 0.717) is 11.1 Å². The zero-order valence-electron chi connectivity index (χ0n) is 14.2. The Morgan fingerprint density at radius 3 is 2.12 bits per heavy atom. The summed E-state index contributed by atoms with van der Waals surface area (Å²) in [5, 5.41) is 10.5. The predicted octanol–water partition coefficient (Wildman–Crippen LogP) is 3.41. The quantitative estimate of drug-likeness (QED) is 0.653. The second kappa shape index (κ2) is 7.88. The highest BCUT2D eigenvalue weighted by Crippen LogP contribution is 2.25. The van der Waals surface area contributed by atoms with Crippen molar-refractivity contribution in [3.8, 4) is 0 Å². The number of carbonyl (C=O) groups excluding carboxylic acids is 2. The first-order valence-electron chi connectivity index (χ1n) is 7.97. The minimum atomic E-state index is -1.45. The molecule has 2 unspecified atom stereocenters. The van der Waals surface area contributed by atoms with Crippen molar-refractivity contribution < 1.29 is 19.4 Å². The fourth-order valence-corrected chi connectivity index (χ4v) is 2.46. The third-order valence-corrected chi connectivity index (χ3v) is 3.90. The van der Waals surface area contributed by atoms with Gasteiger partial charge in [0.15, 0.2) is 18.0 Å². The van der Waals surface area contributed by atoms with Gasteiger partial charge < -0.3 is 9.84 Å². The molecule has 0 heterocycles. The monoisotopic (exact) mass is 326 g/mol. The van der Waals surface area contributed by atoms with Crippen LogP contribution in [0.5, 0.6) is 0 Å². The van der Waals surface area contributed by atoms with Crippen LogP contribution in [0.4, 0.5) is 0 Å². The van der Waals surface area contributed by atoms with Crippen LogP contribution in [-0.4, -0.2) is 23.0 Å². The van der Waals surface area contributed by atoms with Crippen molar-refractivity contribution in [3.63, 3.8) is 0 Å². The number of hydrogen-bond donors (Lipinski definition) is 1. The van der Waals surface area contributed by atoms with E-state index in [-0.39, 0.29) is 0 Å². The number of hydrogen-bond acceptors (Lipinski definition) is 4. The molecule has 0 aliphatic carbocycles. The lowest BCUT2D eigenvalue weighted by Gasteiger charge is -2.22. The Labute approximate surface area is 142 Å². The molecule has 0 saturated heterocycles. The molecule has 0 amide bonds. The Balaban J connectivity index is 2.29. The number of aliphatic hydroxyl groups excluding tert-OH is 1. The van der Waals surface area contributed by atoms with Gasteiger partial charge in [0.1, 0.15) is 0 Å². The number of esters is 1. The Hall–Kier alpha value is -2.46. The Morgan fingerprint density at radius 2 is 1.62 bits per heavy atom. The Kier molecular flexibility index (Phi) is 5.88. The SMILES string of the molecule is CCc1ccc(C(OC(C)=O)C(O)C(=O)c2ccc(C)cc2)cc1. The van der Waals surface area contributed by atoms with Gasteiger partial charge in [0.2, 0.25) is 0 Å². The maximum atomic E-state index is 12.5. The predicted molar refractivity (Wildman–Crippen MR) is 91.8 cm³/mol. The summed E-state index contributed by atoms with van der Waals surface area (Å²) in [6, 6.07) is 14.3. The molecule has 2 rings (SSSR count). The van der Waals surface area contributed by atoms with Gasteiger partial charge in [0.05, 0.1) is 0 Å². The van der Waals surface area contributed by atoms with E-state index in [4.69, 9.17) is 4.74 Å². The smallest absolute Gasteiger partial charge is 0.303 e. The molecular formula is C20H22O4. The lowest BCUT2D eigenvalue weighted by Crippen LogP contribution is -2.31. The van der Waals surface area contributed by atoms with Crippen LogP contribution in [0, 0.1) is 6.92 Å². The average Bonchev–Trinajstić information content (AvgIpc) is 2.59. The zero-order chi connectivity index (χ0) is 17.7. The second-order valence-corrected chi connectivity index (χ2v) is 5.80. The molecule has 4 nitrogen and oxygen atoms in total. The van der Waals surface area contributed by atoms with Crippen molar-refractivity contribution in [1.29, 1.82) is 0 Å². The van der Waals surface area contributed by atoms with Crippen molar-refractivity contribution in [2.24, 2.45) is 0 Å². The molecule has 0 spiro atoms. The zero-order valence-corrected chi connectivity index (χ0v) is 14.2. The molecule has 0 bridgehead atoms. The number of ketones is 1. The van der Waals surface area contributed by atoms with Crippen LogP contribution in [0.1, 0.15) is 47.0 Å². The summed E-state index contributed by atoms with van der Waals surface area (Å²) >= 11 is 0. The fraction of sp³-hybridized carbons (Fsp3) is 0.300. The number of aliphatic hydroxyl groups is 1. The molecule has 0 aliphatic rings. The van der Waals surface area contributed by atoms with Gasteiger partial charge in [0.25, 0.3) is 0 Å². The van der Waals surface area contributed by atoms with Gasteiger partial charge in [-0.15, -0.1) is 0 Å². The largest absolute Gasteiger partial charge is 0.454 e. The van der Waals surface area contributed by atoms with Crippen molar-refractivity contribution in [2.75, 3.05) is 0 Å². The molecule has 0 aromatic heterocycles. The average molecular weight is 326 g/mol. The minimum Gasteiger partial charge on any atom is -0.454 e. The topological polar surface area (TPSA) is 63.6 Å². The summed E-state index contributed by atoms with van der Waals surface area (Å²) in [7, 11) is 0. The first kappa shape index (κ1) is 17.9. The maximum Gasteiger partial charge on any atom is 0.303 e. The molecule has 126 valence electrons. The lowest BCUT2D eigenvalue weighted by molar-refractivity contribution is -0.151. The molecule has 2 aromatic carbocycles. The van der Waals surface area contributed by atoms with E-state index in [1.807, 2.05) is 26.0 Å². The summed E-state index contributed by atoms with van der Waals surface area (Å²) in [6.45, 7) is 5.21. The van der Waals surface area contributed by atoms with E-state index in [0.717, 1.165) is 17.5 Å². The van der Waals surface area contributed by atoms with Gasteiger partial charge in [-0.3, -0.25) is 9.59 Å². The van der Waals surface area contributed by atoms with Crippen LogP contribution in [0.2, 0.25) is 0 Å². The van der Waals surface area contributed by atoms with Gasteiger partial charge in [-0.1, -0.05) is 61.0 Å². The molecule has 0 aliphatic heterocycles. The van der Waals surface area contributed by atoms with Crippen LogP contribution >= 0.6 is 0 Å². The van der Waals surface area contributed by atoms with E-state index in [2.05, 4.69) is 0 Å². The summed E-state index contributed by atoms with van der Waals surface area (Å²) in [5.74, 6) is -1.02. The fourth-order valence-electron chi connectivity index (χ4n) is 2.46. The highest BCUT2D eigenvalue weighted by Gasteiger charge is 2.31. The first-order chi connectivity index (χ1) is 11.4. The van der Waals surface area contributed by atoms with Crippen LogP contribution in [0.25, 0.3) is 0 Å². The molecule has 1 N–H and O–H groups in total. The van der Waals surface area contributed by atoms with Crippen LogP contribution < -0.4 is 0 Å². The van der Waals surface area contributed by atoms with Crippen molar-refractivity contribution in [3.05, 3.63) is 70.8 Å². The van der Waals surface area contributed by atoms with Gasteiger partial charge in [-0.25, -0.2) is 0 Å². The highest BCUT2D eigenvalue weighted by molar-refractivity contribution is 6.00. The van der Waals surface area contributed by atoms with Gasteiger partial charge >= 0.3 is 5.97 Å². The van der Waals surface area contributed by atoms with Crippen LogP contribution in [0.3, 0.4) is 0 Å². The molecule has 2 atom stereocenters. The molecule has 0 saturated carbocycles. The van der Waals surface area contributed by atoms with Gasteiger partial charge in [-0.05, 0) is 24.5 Å². The third kappa shape index (κ3) is 4.30. The Morgan fingerprint density at radius 1 is 1.04 bits per heavy atom. The van der Waals surface area contributed by atoms with Crippen LogP contribution in [0.15, 0.2) is 48.5 Å². The van der Waals surface area contributed by atoms with Crippen molar-refractivity contribution in [1.82, 2.24) is 0 Å². The number of aryl methyl sites for hydroxylation is 2. The molecule has 0 radical (unpaired) electrons. The van der Waals surface area contributed by atoms with Gasteiger partial charge in [0, 0.05) is 12.5 Å². The van der Waals surface area contributed by atoms with Gasteiger partial charge in [-0.2, -0.15) is 0 Å². The summed E-state index contributed by atoms with van der Waals surface area (Å²) < 4.78 is 5.23. The van der Waals surface area contributed by atoms with Crippen LogP contribution in [-0.2, 0) is 16.0 Å². The third-order valence-electron chi connectivity index (χ3n) is 3.90. The normalized spacial score (nSPS) is 13.2. The van der Waals surface area contributed by atoms with E-state index in [1.165, 1.54) is 6.92 Å². The van der Waals surface area contributed by atoms with E-state index in [1.54, 1.807) is 36.4 Å². The summed E-state index contributed by atoms with van der Waals surface area (Å²) in [6.07, 6.45) is -1.60. The number of Topliss-reactive ketones (excluding diaryl/α,β-unsaturated/α-hetero) is 1.